The molecule has 0 N–H and O–H groups in total. The molecule has 0 aliphatic heterocycles. The van der Waals surface area contributed by atoms with Gasteiger partial charge in [-0.05, 0) is 0 Å². The molecule has 0 fully saturated rings. The summed E-state index contributed by atoms with van der Waals surface area (Å²) in [7, 11) is 0. The van der Waals surface area contributed by atoms with Crippen LogP contribution >= 0.6 is 0 Å². The molecule has 0 amide bonds. The van der Waals surface area contributed by atoms with Gasteiger partial charge in [0.15, 0.2) is 0 Å². The van der Waals surface area contributed by atoms with E-state index in [4.69, 9.17) is 0 Å². The smallest absolute Gasteiger partial charge is 1.00 e. The van der Waals surface area contributed by atoms with E-state index in [1.54, 1.807) is 0 Å². The molecular formula is Cl2SiZr+6. The summed E-state index contributed by atoms with van der Waals surface area (Å²) in [6.07, 6.45) is 0. The van der Waals surface area contributed by atoms with E-state index in [0.29, 0.717) is 0 Å². The van der Waals surface area contributed by atoms with Gasteiger partial charge in [-0.1, -0.05) is 0 Å². The van der Waals surface area contributed by atoms with E-state index >= 15 is 0 Å². The summed E-state index contributed by atoms with van der Waals surface area (Å²) >= 11 is 0. The fourth-order valence-electron chi connectivity index (χ4n) is 0. The van der Waals surface area contributed by atoms with E-state index in [2.05, 4.69) is 0 Å². The Hall–Kier alpha value is 1.68. The van der Waals surface area contributed by atoms with Crippen molar-refractivity contribution in [1.29, 1.82) is 0 Å². The Morgan fingerprint density at radius 2 is 0.750 bits per heavy atom. The van der Waals surface area contributed by atoms with E-state index in [9.17, 15) is 0 Å². The summed E-state index contributed by atoms with van der Waals surface area (Å²) in [5.74, 6) is 0. The molecule has 0 atom stereocenters. The molecule has 4 heavy (non-hydrogen) atoms. The molecule has 0 heterocycles. The molecule has 0 radical (unpaired) electrons. The Labute approximate surface area is 61.7 Å². The van der Waals surface area contributed by atoms with Crippen molar-refractivity contribution in [2.75, 3.05) is 0 Å². The predicted octanol–water partition coefficient (Wildman–Crippen LogP) is -6.38. The van der Waals surface area contributed by atoms with Gasteiger partial charge in [0.1, 0.15) is 0 Å². The third-order valence-electron chi connectivity index (χ3n) is 0. The Morgan fingerprint density at radius 3 is 0.750 bits per heavy atom. The molecule has 0 rings (SSSR count). The number of hydrogen-bond donors (Lipinski definition) is 0. The molecule has 0 unspecified atom stereocenters. The second-order valence-electron chi connectivity index (χ2n) is 0. The van der Waals surface area contributed by atoms with Crippen molar-refractivity contribution in [3.8, 4) is 0 Å². The summed E-state index contributed by atoms with van der Waals surface area (Å²) in [5.41, 5.74) is 0. The average Bonchev–Trinajstić information content (AvgIpc) is 0. The van der Waals surface area contributed by atoms with Gasteiger partial charge in [-0.3, -0.25) is 0 Å². The van der Waals surface area contributed by atoms with Gasteiger partial charge in [0, 0.05) is 0 Å². The minimum atomic E-state index is 0. The summed E-state index contributed by atoms with van der Waals surface area (Å²) in [5, 5.41) is 0. The van der Waals surface area contributed by atoms with E-state index in [1.165, 1.54) is 0 Å². The van der Waals surface area contributed by atoms with Gasteiger partial charge < -0.3 is 24.8 Å². The number of halogens is 2. The Bertz CT molecular complexity index is 6.00. The zero-order valence-corrected chi connectivity index (χ0v) is 6.73. The summed E-state index contributed by atoms with van der Waals surface area (Å²) in [6.45, 7) is 0. The maximum absolute atomic E-state index is 0. The van der Waals surface area contributed by atoms with Gasteiger partial charge in [0.25, 0.3) is 0 Å². The van der Waals surface area contributed by atoms with Gasteiger partial charge in [-0.25, -0.2) is 0 Å². The Morgan fingerprint density at radius 1 is 0.750 bits per heavy atom. The number of rotatable bonds is 0. The van der Waals surface area contributed by atoms with Crippen molar-refractivity contribution in [2.24, 2.45) is 0 Å². The van der Waals surface area contributed by atoms with Gasteiger partial charge in [0.2, 0.25) is 0 Å². The molecule has 0 spiro atoms. The minimum absolute atomic E-state index is 0. The van der Waals surface area contributed by atoms with Crippen molar-refractivity contribution in [1.82, 2.24) is 0 Å². The molecule has 16 valence electrons. The van der Waals surface area contributed by atoms with E-state index in [1.807, 2.05) is 0 Å². The monoisotopic (exact) mass is 188 g/mol. The van der Waals surface area contributed by atoms with Crippen molar-refractivity contribution in [3.63, 3.8) is 0 Å². The maximum atomic E-state index is 0. The fourth-order valence-corrected chi connectivity index (χ4v) is 0. The molecule has 4 heteroatoms. The Kier molecular flexibility index (Phi) is 247. The maximum Gasteiger partial charge on any atom is 4.00 e. The summed E-state index contributed by atoms with van der Waals surface area (Å²) in [6, 6.07) is 0. The Balaban J connectivity index is 0. The predicted molar refractivity (Wildman–Crippen MR) is 5.75 cm³/mol. The van der Waals surface area contributed by atoms with Crippen molar-refractivity contribution < 1.29 is 51.0 Å². The van der Waals surface area contributed by atoms with Gasteiger partial charge in [-0.2, -0.15) is 0 Å². The van der Waals surface area contributed by atoms with Gasteiger partial charge >= 0.3 is 37.2 Å². The normalized spacial score (nSPS) is 0. The standard InChI is InChI=1S/2ClH.Si.Zr/h2*1H;;/q;;2*+4/p-2. The van der Waals surface area contributed by atoms with Crippen molar-refractivity contribution >= 4 is 11.0 Å². The zero-order chi connectivity index (χ0) is 0. The van der Waals surface area contributed by atoms with Crippen LogP contribution in [0.1, 0.15) is 0 Å². The molecular weight excluding hydrogens is 190 g/mol. The molecule has 0 aliphatic rings. The second-order valence-corrected chi connectivity index (χ2v) is 0. The van der Waals surface area contributed by atoms with Crippen LogP contribution < -0.4 is 24.8 Å². The van der Waals surface area contributed by atoms with E-state index in [0.717, 1.165) is 0 Å². The first-order valence-electron chi connectivity index (χ1n) is 0. The first-order valence-corrected chi connectivity index (χ1v) is 0. The fraction of sp³-hybridized carbons (Fsp3) is 0. The van der Waals surface area contributed by atoms with Crippen LogP contribution in [-0.4, -0.2) is 11.0 Å². The molecule has 0 bridgehead atoms. The third-order valence-corrected chi connectivity index (χ3v) is 0. The van der Waals surface area contributed by atoms with Crippen LogP contribution in [0, 0.1) is 0 Å². The SMILES string of the molecule is [Cl-].[Cl-].[Si+4].[Zr+4]. The van der Waals surface area contributed by atoms with E-state index < -0.39 is 0 Å². The van der Waals surface area contributed by atoms with Crippen LogP contribution in [0.3, 0.4) is 0 Å². The largest absolute Gasteiger partial charge is 4.00 e. The molecule has 0 saturated carbocycles. The molecule has 0 nitrogen and oxygen atoms in total. The van der Waals surface area contributed by atoms with Crippen LogP contribution in [0.2, 0.25) is 0 Å². The van der Waals surface area contributed by atoms with Crippen LogP contribution in [0.25, 0.3) is 0 Å². The first-order chi connectivity index (χ1) is 0. The van der Waals surface area contributed by atoms with Crippen LogP contribution in [0.15, 0.2) is 0 Å². The summed E-state index contributed by atoms with van der Waals surface area (Å²) < 4.78 is 0. The minimum Gasteiger partial charge on any atom is -1.00 e. The summed E-state index contributed by atoms with van der Waals surface area (Å²) in [4.78, 5) is 0. The molecule has 0 aromatic heterocycles. The van der Waals surface area contributed by atoms with Crippen LogP contribution in [0.5, 0.6) is 0 Å². The average molecular weight is 190 g/mol. The van der Waals surface area contributed by atoms with E-state index in [-0.39, 0.29) is 62.0 Å². The molecule has 0 aromatic carbocycles. The molecule has 0 aromatic rings. The first kappa shape index (κ1) is 44.1. The number of hydrogen-bond acceptors (Lipinski definition) is 0. The zero-order valence-electron chi connectivity index (χ0n) is 1.76. The topological polar surface area (TPSA) is 0 Å². The van der Waals surface area contributed by atoms with Crippen LogP contribution in [0.4, 0.5) is 0 Å². The van der Waals surface area contributed by atoms with Crippen LogP contribution in [-0.2, 0) is 26.2 Å². The van der Waals surface area contributed by atoms with Crippen molar-refractivity contribution in [2.45, 2.75) is 0 Å². The third kappa shape index (κ3) is 9.36. The molecule has 0 saturated heterocycles. The molecule has 0 aliphatic carbocycles. The van der Waals surface area contributed by atoms with Crippen molar-refractivity contribution in [3.05, 3.63) is 0 Å². The van der Waals surface area contributed by atoms with Gasteiger partial charge in [-0.15, -0.1) is 0 Å². The van der Waals surface area contributed by atoms with Gasteiger partial charge in [0.05, 0.1) is 0 Å². The second kappa shape index (κ2) is 22.5. The quantitative estimate of drug-likeness (QED) is 0.333.